The number of benzene rings is 4. The van der Waals surface area contributed by atoms with Gasteiger partial charge in [0.1, 0.15) is 0 Å². The molecular formula is C30H27NO2Se. The van der Waals surface area contributed by atoms with Crippen LogP contribution in [0.15, 0.2) is 72.8 Å². The molecule has 1 aliphatic rings. The maximum atomic E-state index is 6.56. The Hall–Kier alpha value is -3.20. The molecule has 2 heterocycles. The molecular weight excluding hydrogens is 485 g/mol. The van der Waals surface area contributed by atoms with Crippen LogP contribution in [-0.2, 0) is 7.05 Å². The molecule has 0 amide bonds. The van der Waals surface area contributed by atoms with Crippen LogP contribution in [0.5, 0.6) is 23.0 Å². The topological polar surface area (TPSA) is 23.4 Å². The predicted molar refractivity (Wildman–Crippen MR) is 142 cm³/mol. The summed E-state index contributed by atoms with van der Waals surface area (Å²) in [5.41, 5.74) is 4.81. The molecule has 170 valence electrons. The van der Waals surface area contributed by atoms with Crippen LogP contribution in [0.3, 0.4) is 0 Å². The Bertz CT molecular complexity index is 1570. The number of aromatic nitrogens is 1. The molecule has 3 nitrogen and oxygen atoms in total. The van der Waals surface area contributed by atoms with Crippen LogP contribution in [0, 0.1) is 6.92 Å². The molecule has 1 aromatic heterocycles. The summed E-state index contributed by atoms with van der Waals surface area (Å²) in [4.78, 5) is 0. The van der Waals surface area contributed by atoms with Gasteiger partial charge >= 0.3 is 207 Å². The van der Waals surface area contributed by atoms with Crippen LogP contribution in [0.4, 0.5) is 0 Å². The zero-order valence-electron chi connectivity index (χ0n) is 19.9. The molecule has 0 aliphatic carbocycles. The van der Waals surface area contributed by atoms with Gasteiger partial charge in [0.15, 0.2) is 0 Å². The van der Waals surface area contributed by atoms with E-state index in [9.17, 15) is 0 Å². The zero-order valence-corrected chi connectivity index (χ0v) is 21.6. The second-order valence-corrected chi connectivity index (χ2v) is 11.4. The van der Waals surface area contributed by atoms with Gasteiger partial charge in [-0.1, -0.05) is 0 Å². The van der Waals surface area contributed by atoms with Crippen LogP contribution in [0.1, 0.15) is 37.3 Å². The third-order valence-electron chi connectivity index (χ3n) is 6.95. The number of fused-ring (bicyclic) bond motifs is 5. The van der Waals surface area contributed by atoms with Crippen LogP contribution < -0.4 is 18.4 Å². The molecule has 0 radical (unpaired) electrons. The van der Waals surface area contributed by atoms with Crippen molar-refractivity contribution in [3.63, 3.8) is 0 Å². The van der Waals surface area contributed by atoms with Crippen molar-refractivity contribution in [3.05, 3.63) is 83.9 Å². The standard InChI is InChI=1S/C30H27NO2Se/c1-5-18(2)20-14-23-21(15-27(20)32-25-11-7-6-10-19(25)3)22-16-30-28(17-24(22)31(23)4)33-26-12-8-9-13-29(26)34-30/h6-18H,5H2,1-4H3. The predicted octanol–water partition coefficient (Wildman–Crippen LogP) is 6.71. The molecule has 5 aromatic rings. The molecule has 0 spiro atoms. The second-order valence-electron chi connectivity index (χ2n) is 9.11. The molecule has 0 fully saturated rings. The summed E-state index contributed by atoms with van der Waals surface area (Å²) < 4.78 is 17.8. The van der Waals surface area contributed by atoms with Crippen LogP contribution in [0.25, 0.3) is 21.8 Å². The fraction of sp³-hybridized carbons (Fsp3) is 0.200. The Balaban J connectivity index is 1.56. The molecule has 34 heavy (non-hydrogen) atoms. The molecule has 6 rings (SSSR count). The summed E-state index contributed by atoms with van der Waals surface area (Å²) in [6, 6.07) is 25.8. The second kappa shape index (κ2) is 8.23. The van der Waals surface area contributed by atoms with Crippen LogP contribution in [0.2, 0.25) is 0 Å². The van der Waals surface area contributed by atoms with E-state index in [1.807, 2.05) is 12.1 Å². The minimum absolute atomic E-state index is 0.220. The molecule has 1 unspecified atom stereocenters. The zero-order chi connectivity index (χ0) is 23.4. The molecule has 0 N–H and O–H groups in total. The molecule has 1 atom stereocenters. The van der Waals surface area contributed by atoms with Crippen molar-refractivity contribution >= 4 is 45.7 Å². The van der Waals surface area contributed by atoms with Gasteiger partial charge in [0.25, 0.3) is 0 Å². The van der Waals surface area contributed by atoms with Gasteiger partial charge in [-0.15, -0.1) is 0 Å². The summed E-state index contributed by atoms with van der Waals surface area (Å²) in [6.45, 7) is 6.61. The van der Waals surface area contributed by atoms with E-state index in [-0.39, 0.29) is 15.0 Å². The van der Waals surface area contributed by atoms with E-state index in [2.05, 4.69) is 93.0 Å². The number of para-hydroxylation sites is 2. The normalized spacial score (nSPS) is 13.4. The number of ether oxygens (including phenoxy) is 2. The van der Waals surface area contributed by atoms with E-state index < -0.39 is 0 Å². The van der Waals surface area contributed by atoms with E-state index in [0.29, 0.717) is 5.92 Å². The fourth-order valence-electron chi connectivity index (χ4n) is 4.75. The van der Waals surface area contributed by atoms with E-state index in [4.69, 9.17) is 9.47 Å². The first-order chi connectivity index (χ1) is 16.5. The van der Waals surface area contributed by atoms with Gasteiger partial charge in [0.2, 0.25) is 0 Å². The van der Waals surface area contributed by atoms with Crippen molar-refractivity contribution in [2.45, 2.75) is 33.1 Å². The van der Waals surface area contributed by atoms with Gasteiger partial charge in [0.05, 0.1) is 0 Å². The van der Waals surface area contributed by atoms with Gasteiger partial charge in [-0.2, -0.15) is 0 Å². The molecule has 4 aromatic carbocycles. The van der Waals surface area contributed by atoms with E-state index in [1.165, 1.54) is 36.3 Å². The van der Waals surface area contributed by atoms with Crippen molar-refractivity contribution in [2.24, 2.45) is 7.05 Å². The molecule has 1 aliphatic heterocycles. The van der Waals surface area contributed by atoms with Crippen molar-refractivity contribution in [1.82, 2.24) is 4.57 Å². The monoisotopic (exact) mass is 513 g/mol. The van der Waals surface area contributed by atoms with E-state index >= 15 is 0 Å². The number of nitrogens with zero attached hydrogens (tertiary/aromatic N) is 1. The molecule has 0 saturated heterocycles. The van der Waals surface area contributed by atoms with Crippen molar-refractivity contribution in [2.75, 3.05) is 0 Å². The average molecular weight is 513 g/mol. The maximum absolute atomic E-state index is 6.56. The first kappa shape index (κ1) is 21.3. The van der Waals surface area contributed by atoms with Gasteiger partial charge in [-0.3, -0.25) is 0 Å². The van der Waals surface area contributed by atoms with Crippen LogP contribution in [-0.4, -0.2) is 19.5 Å². The van der Waals surface area contributed by atoms with E-state index in [0.717, 1.165) is 35.0 Å². The third-order valence-corrected chi connectivity index (χ3v) is 9.25. The van der Waals surface area contributed by atoms with Gasteiger partial charge in [-0.05, 0) is 0 Å². The summed E-state index contributed by atoms with van der Waals surface area (Å²) in [7, 11) is 2.15. The minimum atomic E-state index is 0.220. The first-order valence-electron chi connectivity index (χ1n) is 11.8. The fourth-order valence-corrected chi connectivity index (χ4v) is 6.79. The Kier molecular flexibility index (Phi) is 5.17. The summed E-state index contributed by atoms with van der Waals surface area (Å²) in [5, 5.41) is 2.48. The van der Waals surface area contributed by atoms with Gasteiger partial charge in [0, 0.05) is 0 Å². The average Bonchev–Trinajstić information content (AvgIpc) is 3.12. The van der Waals surface area contributed by atoms with E-state index in [1.54, 1.807) is 0 Å². The Morgan fingerprint density at radius 3 is 2.41 bits per heavy atom. The summed E-state index contributed by atoms with van der Waals surface area (Å²) >= 11 is 0.220. The van der Waals surface area contributed by atoms with Crippen molar-refractivity contribution < 1.29 is 9.47 Å². The molecule has 0 saturated carbocycles. The Morgan fingerprint density at radius 2 is 1.59 bits per heavy atom. The number of hydrogen-bond acceptors (Lipinski definition) is 2. The van der Waals surface area contributed by atoms with Gasteiger partial charge in [-0.25, -0.2) is 0 Å². The number of aryl methyl sites for hydroxylation is 2. The number of rotatable bonds is 4. The third kappa shape index (κ3) is 3.41. The Morgan fingerprint density at radius 1 is 0.853 bits per heavy atom. The van der Waals surface area contributed by atoms with Crippen molar-refractivity contribution in [1.29, 1.82) is 0 Å². The Labute approximate surface area is 206 Å². The molecule has 4 heteroatoms. The van der Waals surface area contributed by atoms with Crippen LogP contribution >= 0.6 is 0 Å². The first-order valence-corrected chi connectivity index (χ1v) is 13.5. The summed E-state index contributed by atoms with van der Waals surface area (Å²) in [6.07, 6.45) is 1.06. The van der Waals surface area contributed by atoms with Crippen molar-refractivity contribution in [3.8, 4) is 23.0 Å². The SMILES string of the molecule is CCC(C)c1cc2c(cc1Oc1ccccc1C)c1cc3c(cc1n2C)Oc1ccccc1[Se]3. The summed E-state index contributed by atoms with van der Waals surface area (Å²) in [5.74, 6) is 4.23. The van der Waals surface area contributed by atoms with Gasteiger partial charge < -0.3 is 0 Å². The number of hydrogen-bond donors (Lipinski definition) is 0. The molecule has 0 bridgehead atoms. The quantitative estimate of drug-likeness (QED) is 0.245.